The second kappa shape index (κ2) is 4.90. The summed E-state index contributed by atoms with van der Waals surface area (Å²) in [5.74, 6) is -0.408. The summed E-state index contributed by atoms with van der Waals surface area (Å²) in [7, 11) is -3.38. The first-order valence-corrected chi connectivity index (χ1v) is 8.76. The van der Waals surface area contributed by atoms with Crippen LogP contribution in [0.5, 0.6) is 0 Å². The normalized spacial score (nSPS) is 27.6. The molecule has 2 aliphatic rings. The van der Waals surface area contributed by atoms with Crippen LogP contribution >= 0.6 is 23.2 Å². The topological polar surface area (TPSA) is 54.5 Å². The maximum atomic E-state index is 12.2. The maximum absolute atomic E-state index is 12.2. The van der Waals surface area contributed by atoms with Crippen LogP contribution in [0.4, 0.5) is 0 Å². The molecule has 108 valence electrons. The molecule has 2 unspecified atom stereocenters. The highest BCUT2D eigenvalue weighted by Crippen LogP contribution is 2.49. The summed E-state index contributed by atoms with van der Waals surface area (Å²) in [5.41, 5.74) is 0.939. The van der Waals surface area contributed by atoms with Gasteiger partial charge in [0.05, 0.1) is 15.8 Å². The maximum Gasteiger partial charge on any atom is 0.239 e. The third kappa shape index (κ3) is 2.43. The van der Waals surface area contributed by atoms with Crippen molar-refractivity contribution in [1.82, 2.24) is 4.31 Å². The van der Waals surface area contributed by atoms with E-state index in [1.807, 2.05) is 6.07 Å². The van der Waals surface area contributed by atoms with Gasteiger partial charge in [0, 0.05) is 12.5 Å². The Kier molecular flexibility index (Phi) is 3.47. The van der Waals surface area contributed by atoms with Crippen molar-refractivity contribution >= 4 is 39.1 Å². The lowest BCUT2D eigenvalue weighted by Crippen LogP contribution is -2.34. The van der Waals surface area contributed by atoms with E-state index in [-0.39, 0.29) is 23.5 Å². The number of carbonyl (C=O) groups excluding carboxylic acids is 1. The molecule has 1 aliphatic carbocycles. The van der Waals surface area contributed by atoms with Gasteiger partial charge < -0.3 is 0 Å². The molecule has 1 saturated carbocycles. The standard InChI is InChI=1S/C13H13Cl2NO3S/c14-11-3-2-8(6-12(11)15)9-7-10(9)13(17)16-4-1-5-20(16,18)19/h2-3,6,9-10H,1,4-5,7H2. The van der Waals surface area contributed by atoms with E-state index in [0.29, 0.717) is 29.4 Å². The zero-order valence-corrected chi connectivity index (χ0v) is 12.9. The molecule has 1 saturated heterocycles. The fraction of sp³-hybridized carbons (Fsp3) is 0.462. The van der Waals surface area contributed by atoms with Crippen LogP contribution in [0.25, 0.3) is 0 Å². The van der Waals surface area contributed by atoms with Gasteiger partial charge in [-0.3, -0.25) is 4.79 Å². The van der Waals surface area contributed by atoms with Gasteiger partial charge in [-0.05, 0) is 36.5 Å². The van der Waals surface area contributed by atoms with Gasteiger partial charge in [0.1, 0.15) is 0 Å². The minimum absolute atomic E-state index is 0.0491. The van der Waals surface area contributed by atoms with Gasteiger partial charge in [-0.25, -0.2) is 12.7 Å². The van der Waals surface area contributed by atoms with E-state index in [4.69, 9.17) is 23.2 Å². The highest BCUT2D eigenvalue weighted by molar-refractivity contribution is 7.89. The Labute approximate surface area is 127 Å². The minimum Gasteiger partial charge on any atom is -0.273 e. The lowest BCUT2D eigenvalue weighted by Gasteiger charge is -2.14. The lowest BCUT2D eigenvalue weighted by molar-refractivity contribution is -0.127. The summed E-state index contributed by atoms with van der Waals surface area (Å²) in [5, 5.41) is 0.928. The van der Waals surface area contributed by atoms with Gasteiger partial charge in [-0.1, -0.05) is 29.3 Å². The van der Waals surface area contributed by atoms with Crippen LogP contribution in [0.1, 0.15) is 24.3 Å². The Bertz CT molecular complexity index is 674. The number of nitrogens with zero attached hydrogens (tertiary/aromatic N) is 1. The van der Waals surface area contributed by atoms with Crippen molar-refractivity contribution in [3.8, 4) is 0 Å². The summed E-state index contributed by atoms with van der Waals surface area (Å²) in [6, 6.07) is 5.29. The average Bonchev–Trinajstić information content (AvgIpc) is 3.10. The van der Waals surface area contributed by atoms with Gasteiger partial charge in [-0.15, -0.1) is 0 Å². The van der Waals surface area contributed by atoms with Gasteiger partial charge in [0.2, 0.25) is 15.9 Å². The van der Waals surface area contributed by atoms with Gasteiger partial charge >= 0.3 is 0 Å². The Morgan fingerprint density at radius 2 is 2.00 bits per heavy atom. The highest BCUT2D eigenvalue weighted by Gasteiger charge is 2.49. The Hall–Kier alpha value is -0.780. The summed E-state index contributed by atoms with van der Waals surface area (Å²) in [6.07, 6.45) is 1.20. The molecule has 0 bridgehead atoms. The summed E-state index contributed by atoms with van der Waals surface area (Å²) in [6.45, 7) is 0.311. The van der Waals surface area contributed by atoms with Crippen LogP contribution in [0, 0.1) is 5.92 Å². The molecule has 1 aliphatic heterocycles. The summed E-state index contributed by atoms with van der Waals surface area (Å²) >= 11 is 11.8. The van der Waals surface area contributed by atoms with E-state index < -0.39 is 10.0 Å². The van der Waals surface area contributed by atoms with Crippen LogP contribution in [-0.2, 0) is 14.8 Å². The zero-order valence-electron chi connectivity index (χ0n) is 10.6. The zero-order chi connectivity index (χ0) is 14.5. The molecule has 1 heterocycles. The Morgan fingerprint density at radius 3 is 2.60 bits per heavy atom. The molecule has 0 aromatic heterocycles. The number of carbonyl (C=O) groups is 1. The van der Waals surface area contributed by atoms with E-state index in [1.54, 1.807) is 12.1 Å². The Balaban J connectivity index is 1.76. The molecule has 0 spiro atoms. The molecule has 2 atom stereocenters. The highest BCUT2D eigenvalue weighted by atomic mass is 35.5. The number of benzene rings is 1. The van der Waals surface area contributed by atoms with Crippen molar-refractivity contribution in [3.05, 3.63) is 33.8 Å². The average molecular weight is 334 g/mol. The third-order valence-electron chi connectivity index (χ3n) is 3.82. The molecule has 20 heavy (non-hydrogen) atoms. The molecule has 2 fully saturated rings. The largest absolute Gasteiger partial charge is 0.273 e. The van der Waals surface area contributed by atoms with Crippen molar-refractivity contribution in [3.63, 3.8) is 0 Å². The van der Waals surface area contributed by atoms with Gasteiger partial charge in [0.25, 0.3) is 0 Å². The number of hydrogen-bond donors (Lipinski definition) is 0. The SMILES string of the molecule is O=C(C1CC1c1ccc(Cl)c(Cl)c1)N1CCCS1(=O)=O. The first-order valence-electron chi connectivity index (χ1n) is 6.39. The summed E-state index contributed by atoms with van der Waals surface area (Å²) in [4.78, 5) is 12.2. The Morgan fingerprint density at radius 1 is 1.25 bits per heavy atom. The molecule has 7 heteroatoms. The van der Waals surface area contributed by atoms with Crippen molar-refractivity contribution in [2.45, 2.75) is 18.8 Å². The predicted octanol–water partition coefficient (Wildman–Crippen LogP) is 2.66. The number of halogens is 2. The number of sulfonamides is 1. The quantitative estimate of drug-likeness (QED) is 0.836. The van der Waals surface area contributed by atoms with Crippen LogP contribution in [0.3, 0.4) is 0 Å². The van der Waals surface area contributed by atoms with Crippen LogP contribution in [0.2, 0.25) is 10.0 Å². The monoisotopic (exact) mass is 333 g/mol. The van der Waals surface area contributed by atoms with Crippen LogP contribution in [-0.4, -0.2) is 30.9 Å². The van der Waals surface area contributed by atoms with E-state index in [1.165, 1.54) is 0 Å². The van der Waals surface area contributed by atoms with E-state index >= 15 is 0 Å². The van der Waals surface area contributed by atoms with Gasteiger partial charge in [-0.2, -0.15) is 0 Å². The molecule has 3 rings (SSSR count). The third-order valence-corrected chi connectivity index (χ3v) is 6.40. The first-order chi connectivity index (χ1) is 9.40. The first kappa shape index (κ1) is 14.2. The van der Waals surface area contributed by atoms with Crippen molar-refractivity contribution in [1.29, 1.82) is 0 Å². The predicted molar refractivity (Wildman–Crippen MR) is 77.4 cm³/mol. The lowest BCUT2D eigenvalue weighted by atomic mass is 10.1. The number of hydrogen-bond acceptors (Lipinski definition) is 3. The summed E-state index contributed by atoms with van der Waals surface area (Å²) < 4.78 is 24.5. The van der Waals surface area contributed by atoms with Crippen molar-refractivity contribution in [2.75, 3.05) is 12.3 Å². The number of amides is 1. The minimum atomic E-state index is -3.38. The van der Waals surface area contributed by atoms with Crippen LogP contribution in [0.15, 0.2) is 18.2 Å². The van der Waals surface area contributed by atoms with Crippen LogP contribution < -0.4 is 0 Å². The molecular weight excluding hydrogens is 321 g/mol. The van der Waals surface area contributed by atoms with E-state index in [0.717, 1.165) is 9.87 Å². The van der Waals surface area contributed by atoms with E-state index in [9.17, 15) is 13.2 Å². The molecule has 0 N–H and O–H groups in total. The fourth-order valence-corrected chi connectivity index (χ4v) is 4.49. The smallest absolute Gasteiger partial charge is 0.239 e. The molecule has 0 radical (unpaired) electrons. The van der Waals surface area contributed by atoms with Crippen molar-refractivity contribution in [2.24, 2.45) is 5.92 Å². The van der Waals surface area contributed by atoms with Crippen molar-refractivity contribution < 1.29 is 13.2 Å². The van der Waals surface area contributed by atoms with Gasteiger partial charge in [0.15, 0.2) is 0 Å². The molecule has 1 aromatic carbocycles. The molecule has 1 amide bonds. The fourth-order valence-electron chi connectivity index (χ4n) is 2.65. The second-order valence-corrected chi connectivity index (χ2v) is 8.03. The van der Waals surface area contributed by atoms with E-state index in [2.05, 4.69) is 0 Å². The molecular formula is C13H13Cl2NO3S. The second-order valence-electron chi connectivity index (χ2n) is 5.20. The number of rotatable bonds is 2. The molecule has 1 aromatic rings. The molecule has 4 nitrogen and oxygen atoms in total.